The van der Waals surface area contributed by atoms with E-state index in [-0.39, 0.29) is 5.78 Å². The van der Waals surface area contributed by atoms with Gasteiger partial charge in [0.2, 0.25) is 0 Å². The number of hydrogen-bond acceptors (Lipinski definition) is 3. The summed E-state index contributed by atoms with van der Waals surface area (Å²) in [4.78, 5) is 16.7. The second kappa shape index (κ2) is 5.22. The van der Waals surface area contributed by atoms with Gasteiger partial charge in [0.15, 0.2) is 5.78 Å². The summed E-state index contributed by atoms with van der Waals surface area (Å²) in [5.74, 6) is 0.594. The Bertz CT molecular complexity index is 633. The van der Waals surface area contributed by atoms with Crippen molar-refractivity contribution in [3.05, 3.63) is 58.4 Å². The van der Waals surface area contributed by atoms with Crippen LogP contribution < -0.4 is 4.74 Å². The summed E-state index contributed by atoms with van der Waals surface area (Å²) in [6.45, 7) is 5.78. The number of rotatable bonds is 3. The number of nitrogens with zero attached hydrogens (tertiary/aromatic N) is 1. The number of aryl methyl sites for hydroxylation is 3. The van der Waals surface area contributed by atoms with E-state index in [0.29, 0.717) is 16.9 Å². The lowest BCUT2D eigenvalue weighted by atomic mass is 9.96. The van der Waals surface area contributed by atoms with Gasteiger partial charge in [-0.25, -0.2) is 0 Å². The van der Waals surface area contributed by atoms with Crippen LogP contribution >= 0.6 is 0 Å². The van der Waals surface area contributed by atoms with Gasteiger partial charge >= 0.3 is 0 Å². The maximum atomic E-state index is 12.6. The maximum absolute atomic E-state index is 12.6. The first kappa shape index (κ1) is 13.3. The minimum Gasteiger partial charge on any atom is -0.496 e. The number of carbonyl (C=O) groups is 1. The summed E-state index contributed by atoms with van der Waals surface area (Å²) in [5, 5.41) is 0. The number of benzene rings is 1. The highest BCUT2D eigenvalue weighted by Gasteiger charge is 2.17. The number of pyridine rings is 1. The molecule has 0 spiro atoms. The van der Waals surface area contributed by atoms with Crippen LogP contribution in [0.1, 0.15) is 32.7 Å². The van der Waals surface area contributed by atoms with E-state index in [1.165, 1.54) is 0 Å². The molecule has 0 unspecified atom stereocenters. The van der Waals surface area contributed by atoms with Gasteiger partial charge in [-0.3, -0.25) is 9.78 Å². The van der Waals surface area contributed by atoms with Gasteiger partial charge in [-0.1, -0.05) is 6.07 Å². The van der Waals surface area contributed by atoms with E-state index in [2.05, 4.69) is 4.98 Å². The fourth-order valence-corrected chi connectivity index (χ4v) is 2.21. The molecule has 3 nitrogen and oxygen atoms in total. The van der Waals surface area contributed by atoms with Gasteiger partial charge in [0, 0.05) is 17.5 Å². The second-order valence-corrected chi connectivity index (χ2v) is 4.67. The Morgan fingerprint density at radius 1 is 1.16 bits per heavy atom. The highest BCUT2D eigenvalue weighted by atomic mass is 16.5. The van der Waals surface area contributed by atoms with Crippen molar-refractivity contribution in [1.29, 1.82) is 0 Å². The van der Waals surface area contributed by atoms with Gasteiger partial charge in [-0.05, 0) is 50.1 Å². The van der Waals surface area contributed by atoms with Crippen LogP contribution in [0.2, 0.25) is 0 Å². The molecule has 0 fully saturated rings. The largest absolute Gasteiger partial charge is 0.496 e. The molecule has 0 saturated heterocycles. The number of ketones is 1. The van der Waals surface area contributed by atoms with E-state index in [0.717, 1.165) is 16.8 Å². The van der Waals surface area contributed by atoms with Crippen molar-refractivity contribution < 1.29 is 9.53 Å². The molecule has 0 aliphatic rings. The van der Waals surface area contributed by atoms with E-state index < -0.39 is 0 Å². The number of aromatic nitrogens is 1. The predicted molar refractivity (Wildman–Crippen MR) is 74.9 cm³/mol. The van der Waals surface area contributed by atoms with Crippen molar-refractivity contribution in [1.82, 2.24) is 4.98 Å². The van der Waals surface area contributed by atoms with Crippen molar-refractivity contribution in [2.45, 2.75) is 20.8 Å². The number of methoxy groups -OCH3 is 1. The van der Waals surface area contributed by atoms with Crippen LogP contribution in [0.4, 0.5) is 0 Å². The normalized spacial score (nSPS) is 10.3. The smallest absolute Gasteiger partial charge is 0.197 e. The number of hydrogen-bond donors (Lipinski definition) is 0. The molecule has 0 aliphatic heterocycles. The Hall–Kier alpha value is -2.16. The Kier molecular flexibility index (Phi) is 3.65. The molecule has 0 atom stereocenters. The molecule has 2 aromatic rings. The lowest BCUT2D eigenvalue weighted by Crippen LogP contribution is -2.07. The molecule has 0 aliphatic carbocycles. The van der Waals surface area contributed by atoms with Crippen LogP contribution in [-0.4, -0.2) is 17.9 Å². The first-order chi connectivity index (χ1) is 9.02. The zero-order chi connectivity index (χ0) is 14.0. The standard InChI is InChI=1S/C16H17NO2/c1-10-7-11(2)15(14(8-10)19-4)16(18)13-5-6-17-12(3)9-13/h5-9H,1-4H3. The fraction of sp³-hybridized carbons (Fsp3) is 0.250. The van der Waals surface area contributed by atoms with Crippen molar-refractivity contribution in [2.75, 3.05) is 7.11 Å². The third-order valence-corrected chi connectivity index (χ3v) is 3.05. The van der Waals surface area contributed by atoms with E-state index in [9.17, 15) is 4.79 Å². The molecule has 1 aromatic carbocycles. The van der Waals surface area contributed by atoms with Gasteiger partial charge in [0.05, 0.1) is 12.7 Å². The topological polar surface area (TPSA) is 39.2 Å². The third-order valence-electron chi connectivity index (χ3n) is 3.05. The molecule has 0 saturated carbocycles. The van der Waals surface area contributed by atoms with Crippen LogP contribution in [-0.2, 0) is 0 Å². The Morgan fingerprint density at radius 2 is 1.89 bits per heavy atom. The molecule has 0 N–H and O–H groups in total. The number of ether oxygens (including phenoxy) is 1. The minimum absolute atomic E-state index is 0.0279. The molecule has 0 bridgehead atoms. The Balaban J connectivity index is 2.56. The lowest BCUT2D eigenvalue weighted by Gasteiger charge is -2.12. The molecule has 0 amide bonds. The fourth-order valence-electron chi connectivity index (χ4n) is 2.21. The van der Waals surface area contributed by atoms with Crippen molar-refractivity contribution in [3.8, 4) is 5.75 Å². The van der Waals surface area contributed by atoms with E-state index in [1.54, 1.807) is 25.4 Å². The van der Waals surface area contributed by atoms with Gasteiger partial charge in [0.1, 0.15) is 5.75 Å². The third kappa shape index (κ3) is 2.65. The SMILES string of the molecule is COc1cc(C)cc(C)c1C(=O)c1ccnc(C)c1. The van der Waals surface area contributed by atoms with Crippen LogP contribution in [0.25, 0.3) is 0 Å². The van der Waals surface area contributed by atoms with Crippen LogP contribution in [0.5, 0.6) is 5.75 Å². The van der Waals surface area contributed by atoms with Crippen molar-refractivity contribution in [3.63, 3.8) is 0 Å². The Labute approximate surface area is 113 Å². The minimum atomic E-state index is -0.0279. The van der Waals surface area contributed by atoms with E-state index >= 15 is 0 Å². The molecular formula is C16H17NO2. The summed E-state index contributed by atoms with van der Waals surface area (Å²) >= 11 is 0. The summed E-state index contributed by atoms with van der Waals surface area (Å²) in [6, 6.07) is 7.40. The first-order valence-corrected chi connectivity index (χ1v) is 6.15. The summed E-state index contributed by atoms with van der Waals surface area (Å²) < 4.78 is 5.34. The predicted octanol–water partition coefficient (Wildman–Crippen LogP) is 3.25. The molecule has 0 radical (unpaired) electrons. The molecule has 19 heavy (non-hydrogen) atoms. The molecule has 1 aromatic heterocycles. The molecule has 1 heterocycles. The lowest BCUT2D eigenvalue weighted by molar-refractivity contribution is 0.103. The van der Waals surface area contributed by atoms with Gasteiger partial charge in [0.25, 0.3) is 0 Å². The van der Waals surface area contributed by atoms with Crippen molar-refractivity contribution in [2.24, 2.45) is 0 Å². The summed E-state index contributed by atoms with van der Waals surface area (Å²) in [6.07, 6.45) is 1.65. The van der Waals surface area contributed by atoms with Crippen molar-refractivity contribution >= 4 is 5.78 Å². The summed E-state index contributed by atoms with van der Waals surface area (Å²) in [5.41, 5.74) is 4.10. The monoisotopic (exact) mass is 255 g/mol. The van der Waals surface area contributed by atoms with Crippen LogP contribution in [0.15, 0.2) is 30.5 Å². The van der Waals surface area contributed by atoms with Crippen LogP contribution in [0.3, 0.4) is 0 Å². The summed E-state index contributed by atoms with van der Waals surface area (Å²) in [7, 11) is 1.59. The number of carbonyl (C=O) groups excluding carboxylic acids is 1. The van der Waals surface area contributed by atoms with Crippen LogP contribution in [0, 0.1) is 20.8 Å². The Morgan fingerprint density at radius 3 is 2.53 bits per heavy atom. The highest BCUT2D eigenvalue weighted by molar-refractivity contribution is 6.11. The van der Waals surface area contributed by atoms with E-state index in [1.807, 2.05) is 32.9 Å². The average Bonchev–Trinajstić information content (AvgIpc) is 2.37. The molecule has 3 heteroatoms. The molecule has 2 rings (SSSR count). The van der Waals surface area contributed by atoms with Gasteiger partial charge in [-0.15, -0.1) is 0 Å². The van der Waals surface area contributed by atoms with E-state index in [4.69, 9.17) is 4.74 Å². The maximum Gasteiger partial charge on any atom is 0.197 e. The quantitative estimate of drug-likeness (QED) is 0.790. The first-order valence-electron chi connectivity index (χ1n) is 6.15. The highest BCUT2D eigenvalue weighted by Crippen LogP contribution is 2.26. The van der Waals surface area contributed by atoms with Gasteiger partial charge in [-0.2, -0.15) is 0 Å². The second-order valence-electron chi connectivity index (χ2n) is 4.67. The zero-order valence-corrected chi connectivity index (χ0v) is 11.7. The molecule has 98 valence electrons. The molecular weight excluding hydrogens is 238 g/mol. The zero-order valence-electron chi connectivity index (χ0n) is 11.7. The van der Waals surface area contributed by atoms with Gasteiger partial charge < -0.3 is 4.74 Å². The average molecular weight is 255 g/mol.